The van der Waals surface area contributed by atoms with Gasteiger partial charge in [-0.2, -0.15) is 0 Å². The van der Waals surface area contributed by atoms with E-state index in [2.05, 4.69) is 36.0 Å². The fourth-order valence-electron chi connectivity index (χ4n) is 2.66. The Kier molecular flexibility index (Phi) is 3.03. The van der Waals surface area contributed by atoms with Gasteiger partial charge in [0.15, 0.2) is 0 Å². The highest BCUT2D eigenvalue weighted by molar-refractivity contribution is 7.99. The molecule has 2 aromatic rings. The lowest BCUT2D eigenvalue weighted by molar-refractivity contribution is -0.138. The van der Waals surface area contributed by atoms with E-state index in [1.54, 1.807) is 11.8 Å². The highest BCUT2D eigenvalue weighted by Crippen LogP contribution is 2.39. The van der Waals surface area contributed by atoms with Gasteiger partial charge >= 0.3 is 5.97 Å². The van der Waals surface area contributed by atoms with Crippen molar-refractivity contribution in [3.8, 4) is 0 Å². The van der Waals surface area contributed by atoms with Crippen molar-refractivity contribution in [1.82, 2.24) is 9.88 Å². The topological polar surface area (TPSA) is 54.3 Å². The minimum absolute atomic E-state index is 0.0622. The molecular formula is C14H16N2O2S. The van der Waals surface area contributed by atoms with E-state index in [1.165, 1.54) is 22.2 Å². The second-order valence-electron chi connectivity index (χ2n) is 4.85. The monoisotopic (exact) mass is 276 g/mol. The third-order valence-electron chi connectivity index (χ3n) is 3.79. The Morgan fingerprint density at radius 3 is 2.89 bits per heavy atom. The summed E-state index contributed by atoms with van der Waals surface area (Å²) in [5.41, 5.74) is 3.60. The molecular weight excluding hydrogens is 260 g/mol. The van der Waals surface area contributed by atoms with Gasteiger partial charge in [0.2, 0.25) is 0 Å². The number of rotatable bonds is 2. The van der Waals surface area contributed by atoms with Gasteiger partial charge in [-0.3, -0.25) is 10.1 Å². The van der Waals surface area contributed by atoms with Gasteiger partial charge in [-0.15, -0.1) is 11.8 Å². The van der Waals surface area contributed by atoms with Crippen LogP contribution in [0.4, 0.5) is 0 Å². The average molecular weight is 276 g/mol. The number of carbonyl (C=O) groups is 1. The summed E-state index contributed by atoms with van der Waals surface area (Å²) < 4.78 is 2.17. The van der Waals surface area contributed by atoms with Gasteiger partial charge in [0.05, 0.1) is 5.37 Å². The summed E-state index contributed by atoms with van der Waals surface area (Å²) in [5, 5.41) is 13.6. The number of aliphatic carboxylic acids is 1. The highest BCUT2D eigenvalue weighted by atomic mass is 32.2. The maximum Gasteiger partial charge on any atom is 0.321 e. The number of aromatic nitrogens is 1. The van der Waals surface area contributed by atoms with Crippen molar-refractivity contribution in [1.29, 1.82) is 0 Å². The molecule has 2 N–H and O–H groups in total. The largest absolute Gasteiger partial charge is 0.480 e. The number of para-hydroxylation sites is 1. The van der Waals surface area contributed by atoms with Gasteiger partial charge in [0.1, 0.15) is 6.04 Å². The summed E-state index contributed by atoms with van der Waals surface area (Å²) in [4.78, 5) is 11.1. The molecule has 0 unspecified atom stereocenters. The molecule has 0 spiro atoms. The van der Waals surface area contributed by atoms with E-state index in [4.69, 9.17) is 5.11 Å². The van der Waals surface area contributed by atoms with Crippen LogP contribution in [0.5, 0.6) is 0 Å². The first-order valence-electron chi connectivity index (χ1n) is 6.24. The van der Waals surface area contributed by atoms with Crippen molar-refractivity contribution in [2.45, 2.75) is 18.3 Å². The molecule has 19 heavy (non-hydrogen) atoms. The van der Waals surface area contributed by atoms with Gasteiger partial charge in [-0.25, -0.2) is 0 Å². The molecule has 0 aliphatic carbocycles. The molecule has 0 saturated carbocycles. The van der Waals surface area contributed by atoms with Crippen LogP contribution in [0, 0.1) is 6.92 Å². The smallest absolute Gasteiger partial charge is 0.321 e. The van der Waals surface area contributed by atoms with Crippen LogP contribution in [0.3, 0.4) is 0 Å². The summed E-state index contributed by atoms with van der Waals surface area (Å²) in [6, 6.07) is 7.81. The van der Waals surface area contributed by atoms with Gasteiger partial charge in [0, 0.05) is 35.0 Å². The Balaban J connectivity index is 2.06. The zero-order valence-corrected chi connectivity index (χ0v) is 11.7. The van der Waals surface area contributed by atoms with Crippen LogP contribution in [0.2, 0.25) is 0 Å². The van der Waals surface area contributed by atoms with E-state index in [9.17, 15) is 4.79 Å². The van der Waals surface area contributed by atoms with Crippen molar-refractivity contribution in [3.63, 3.8) is 0 Å². The second-order valence-corrected chi connectivity index (χ2v) is 5.98. The highest BCUT2D eigenvalue weighted by Gasteiger charge is 2.32. The lowest BCUT2D eigenvalue weighted by atomic mass is 10.1. The number of benzene rings is 1. The van der Waals surface area contributed by atoms with Crippen LogP contribution in [0.15, 0.2) is 24.3 Å². The van der Waals surface area contributed by atoms with E-state index in [0.29, 0.717) is 5.75 Å². The number of nitrogens with one attached hydrogen (secondary N) is 1. The first kappa shape index (κ1) is 12.6. The fraction of sp³-hybridized carbons (Fsp3) is 0.357. The molecule has 2 heterocycles. The molecule has 1 fully saturated rings. The third-order valence-corrected chi connectivity index (χ3v) is 5.02. The molecule has 1 aliphatic rings. The summed E-state index contributed by atoms with van der Waals surface area (Å²) in [7, 11) is 2.05. The van der Waals surface area contributed by atoms with Crippen LogP contribution in [0.25, 0.3) is 10.9 Å². The number of nitrogens with zero attached hydrogens (tertiary/aromatic N) is 1. The van der Waals surface area contributed by atoms with E-state index in [0.717, 1.165) is 0 Å². The quantitative estimate of drug-likeness (QED) is 0.883. The molecule has 1 aromatic carbocycles. The lowest BCUT2D eigenvalue weighted by Gasteiger charge is -2.12. The third kappa shape index (κ3) is 1.93. The van der Waals surface area contributed by atoms with E-state index >= 15 is 0 Å². The van der Waals surface area contributed by atoms with E-state index in [1.807, 2.05) is 12.1 Å². The van der Waals surface area contributed by atoms with Crippen LogP contribution in [0.1, 0.15) is 16.6 Å². The van der Waals surface area contributed by atoms with Gasteiger partial charge < -0.3 is 9.67 Å². The SMILES string of the molecule is Cc1c([C@@H]2N[C@@H](C(=O)O)CS2)c2ccccc2n1C. The molecule has 5 heteroatoms. The predicted octanol–water partition coefficient (Wildman–Crippen LogP) is 2.27. The Morgan fingerprint density at radius 2 is 2.21 bits per heavy atom. The molecule has 0 amide bonds. The van der Waals surface area contributed by atoms with Crippen LogP contribution >= 0.6 is 11.8 Å². The van der Waals surface area contributed by atoms with Crippen LogP contribution in [-0.2, 0) is 11.8 Å². The Bertz CT molecular complexity index is 650. The predicted molar refractivity (Wildman–Crippen MR) is 77.4 cm³/mol. The summed E-state index contributed by atoms with van der Waals surface area (Å²) in [5.74, 6) is -0.157. The number of carboxylic acid groups (broad SMARTS) is 1. The Morgan fingerprint density at radius 1 is 1.47 bits per heavy atom. The van der Waals surface area contributed by atoms with Crippen molar-refractivity contribution in [3.05, 3.63) is 35.5 Å². The van der Waals surface area contributed by atoms with Gasteiger partial charge in [-0.1, -0.05) is 18.2 Å². The molecule has 1 aromatic heterocycles. The van der Waals surface area contributed by atoms with Crippen LogP contribution < -0.4 is 5.32 Å². The maximum absolute atomic E-state index is 11.1. The van der Waals surface area contributed by atoms with Gasteiger partial charge in [0.25, 0.3) is 0 Å². The number of carboxylic acids is 1. The Hall–Kier alpha value is -1.46. The number of hydrogen-bond donors (Lipinski definition) is 2. The first-order valence-corrected chi connectivity index (χ1v) is 7.29. The molecule has 1 aliphatic heterocycles. The van der Waals surface area contributed by atoms with E-state index < -0.39 is 12.0 Å². The number of thioether (sulfide) groups is 1. The molecule has 3 rings (SSSR count). The number of aryl methyl sites for hydroxylation is 1. The van der Waals surface area contributed by atoms with Crippen molar-refractivity contribution < 1.29 is 9.90 Å². The molecule has 1 saturated heterocycles. The van der Waals surface area contributed by atoms with Crippen LogP contribution in [-0.4, -0.2) is 27.4 Å². The minimum Gasteiger partial charge on any atom is -0.480 e. The van der Waals surface area contributed by atoms with Crippen molar-refractivity contribution in [2.24, 2.45) is 7.05 Å². The molecule has 100 valence electrons. The van der Waals surface area contributed by atoms with Crippen molar-refractivity contribution in [2.75, 3.05) is 5.75 Å². The summed E-state index contributed by atoms with van der Waals surface area (Å²) >= 11 is 1.67. The normalized spacial score (nSPS) is 23.1. The molecule has 0 bridgehead atoms. The minimum atomic E-state index is -0.770. The average Bonchev–Trinajstić information content (AvgIpc) is 2.96. The lowest BCUT2D eigenvalue weighted by Crippen LogP contribution is -2.33. The summed E-state index contributed by atoms with van der Waals surface area (Å²) in [6.45, 7) is 2.09. The van der Waals surface area contributed by atoms with Gasteiger partial charge in [-0.05, 0) is 13.0 Å². The summed E-state index contributed by atoms with van der Waals surface area (Å²) in [6.07, 6.45) is 0. The van der Waals surface area contributed by atoms with E-state index in [-0.39, 0.29) is 5.37 Å². The molecule has 2 atom stereocenters. The number of fused-ring (bicyclic) bond motifs is 1. The zero-order valence-electron chi connectivity index (χ0n) is 10.9. The standard InChI is InChI=1S/C14H16N2O2S/c1-8-12(13-15-10(7-19-13)14(17)18)9-5-3-4-6-11(9)16(8)2/h3-6,10,13,15H,7H2,1-2H3,(H,17,18)/t10-,13-/m1/s1. The molecule has 0 radical (unpaired) electrons. The molecule has 4 nitrogen and oxygen atoms in total. The maximum atomic E-state index is 11.1. The Labute approximate surface area is 115 Å². The second kappa shape index (κ2) is 4.58. The first-order chi connectivity index (χ1) is 9.09. The van der Waals surface area contributed by atoms with Crippen molar-refractivity contribution >= 4 is 28.6 Å². The zero-order chi connectivity index (χ0) is 13.6. The fourth-order valence-corrected chi connectivity index (χ4v) is 4.01. The number of hydrogen-bond acceptors (Lipinski definition) is 3.